The molecule has 19 heavy (non-hydrogen) atoms. The summed E-state index contributed by atoms with van der Waals surface area (Å²) in [4.78, 5) is 7.35. The monoisotopic (exact) mass is 270 g/mol. The van der Waals surface area contributed by atoms with E-state index < -0.39 is 0 Å². The van der Waals surface area contributed by atoms with Gasteiger partial charge in [0.2, 0.25) is 0 Å². The molecule has 1 aromatic carbocycles. The van der Waals surface area contributed by atoms with Crippen LogP contribution >= 0.6 is 11.3 Å². The number of hydrogen-bond donors (Lipinski definition) is 1. The summed E-state index contributed by atoms with van der Waals surface area (Å²) in [6.45, 7) is 0.796. The molecular formula is C15H14N2OS. The second kappa shape index (κ2) is 4.38. The maximum Gasteiger partial charge on any atom is 0.295 e. The maximum absolute atomic E-state index is 5.65. The number of nitrogens with one attached hydrogen (secondary N) is 1. The molecule has 1 N–H and O–H groups in total. The highest BCUT2D eigenvalue weighted by atomic mass is 32.1. The molecule has 0 bridgehead atoms. The van der Waals surface area contributed by atoms with Gasteiger partial charge in [0.05, 0.1) is 6.54 Å². The van der Waals surface area contributed by atoms with Crippen molar-refractivity contribution in [2.75, 3.05) is 5.32 Å². The molecule has 2 heterocycles. The number of hydrogen-bond acceptors (Lipinski definition) is 4. The molecular weight excluding hydrogens is 256 g/mol. The molecule has 4 rings (SSSR count). The molecule has 3 nitrogen and oxygen atoms in total. The van der Waals surface area contributed by atoms with E-state index in [-0.39, 0.29) is 0 Å². The van der Waals surface area contributed by atoms with Crippen LogP contribution in [0.5, 0.6) is 0 Å². The van der Waals surface area contributed by atoms with Gasteiger partial charge >= 0.3 is 0 Å². The third-order valence-corrected chi connectivity index (χ3v) is 4.74. The van der Waals surface area contributed by atoms with E-state index >= 15 is 0 Å². The average Bonchev–Trinajstić information content (AvgIpc) is 3.09. The Balaban J connectivity index is 1.51. The first-order valence-electron chi connectivity index (χ1n) is 6.58. The number of aryl methyl sites for hydroxylation is 2. The molecule has 4 heteroatoms. The van der Waals surface area contributed by atoms with Crippen LogP contribution in [0.2, 0.25) is 0 Å². The van der Waals surface area contributed by atoms with E-state index in [1.807, 2.05) is 35.6 Å². The van der Waals surface area contributed by atoms with Gasteiger partial charge in [-0.25, -0.2) is 0 Å². The average molecular weight is 270 g/mol. The molecule has 1 aliphatic rings. The first kappa shape index (κ1) is 11.1. The quantitative estimate of drug-likeness (QED) is 0.782. The highest BCUT2D eigenvalue weighted by molar-refractivity contribution is 7.12. The van der Waals surface area contributed by atoms with E-state index in [0.29, 0.717) is 6.01 Å². The summed E-state index contributed by atoms with van der Waals surface area (Å²) in [5, 5.41) is 3.27. The summed E-state index contributed by atoms with van der Waals surface area (Å²) < 4.78 is 5.65. The molecule has 0 fully saturated rings. The Kier molecular flexibility index (Phi) is 2.55. The van der Waals surface area contributed by atoms with E-state index in [4.69, 9.17) is 4.42 Å². The van der Waals surface area contributed by atoms with Crippen molar-refractivity contribution in [1.82, 2.24) is 4.98 Å². The number of fused-ring (bicyclic) bond motifs is 2. The minimum absolute atomic E-state index is 0.606. The highest BCUT2D eigenvalue weighted by Gasteiger charge is 2.14. The van der Waals surface area contributed by atoms with E-state index in [1.165, 1.54) is 24.1 Å². The molecule has 0 saturated carbocycles. The molecule has 0 atom stereocenters. The Morgan fingerprint density at radius 3 is 3.11 bits per heavy atom. The largest absolute Gasteiger partial charge is 0.424 e. The van der Waals surface area contributed by atoms with Crippen molar-refractivity contribution in [1.29, 1.82) is 0 Å². The normalized spacial score (nSPS) is 13.9. The Morgan fingerprint density at radius 2 is 2.21 bits per heavy atom. The fourth-order valence-corrected chi connectivity index (χ4v) is 3.79. The molecule has 2 aromatic heterocycles. The van der Waals surface area contributed by atoms with Crippen molar-refractivity contribution in [3.8, 4) is 0 Å². The fraction of sp³-hybridized carbons (Fsp3) is 0.267. The van der Waals surface area contributed by atoms with E-state index in [1.54, 1.807) is 10.4 Å². The zero-order chi connectivity index (χ0) is 12.7. The molecule has 1 aliphatic carbocycles. The highest BCUT2D eigenvalue weighted by Crippen LogP contribution is 2.31. The predicted molar refractivity (Wildman–Crippen MR) is 77.7 cm³/mol. The Hall–Kier alpha value is -1.81. The third kappa shape index (κ3) is 2.02. The lowest BCUT2D eigenvalue weighted by Crippen LogP contribution is -1.97. The molecule has 3 aromatic rings. The molecule has 0 amide bonds. The van der Waals surface area contributed by atoms with Crippen LogP contribution < -0.4 is 5.32 Å². The first-order chi connectivity index (χ1) is 9.38. The predicted octanol–water partition coefficient (Wildman–Crippen LogP) is 3.99. The maximum atomic E-state index is 5.65. The SMILES string of the molecule is c1ccc2oc(NCc3cc4c(s3)CCC4)nc2c1. The van der Waals surface area contributed by atoms with Crippen molar-refractivity contribution in [3.63, 3.8) is 0 Å². The molecule has 0 aliphatic heterocycles. The van der Waals surface area contributed by atoms with Crippen LogP contribution in [0.1, 0.15) is 21.7 Å². The van der Waals surface area contributed by atoms with Gasteiger partial charge in [-0.15, -0.1) is 11.3 Å². The second-order valence-corrected chi connectivity index (χ2v) is 6.08. The summed E-state index contributed by atoms with van der Waals surface area (Å²) in [5.41, 5.74) is 3.27. The Morgan fingerprint density at radius 1 is 1.26 bits per heavy atom. The van der Waals surface area contributed by atoms with Crippen LogP contribution in [0.25, 0.3) is 11.1 Å². The van der Waals surface area contributed by atoms with Crippen molar-refractivity contribution >= 4 is 28.5 Å². The Labute approximate surface area is 115 Å². The minimum atomic E-state index is 0.606. The molecule has 96 valence electrons. The third-order valence-electron chi connectivity index (χ3n) is 3.51. The fourth-order valence-electron chi connectivity index (χ4n) is 2.59. The van der Waals surface area contributed by atoms with Gasteiger partial charge in [-0.3, -0.25) is 0 Å². The van der Waals surface area contributed by atoms with Gasteiger partial charge < -0.3 is 9.73 Å². The van der Waals surface area contributed by atoms with Gasteiger partial charge in [-0.2, -0.15) is 4.98 Å². The van der Waals surface area contributed by atoms with Crippen LogP contribution in [0.15, 0.2) is 34.7 Å². The lowest BCUT2D eigenvalue weighted by molar-refractivity contribution is 0.615. The van der Waals surface area contributed by atoms with Gasteiger partial charge in [-0.05, 0) is 43.0 Å². The smallest absolute Gasteiger partial charge is 0.295 e. The number of para-hydroxylation sites is 2. The number of aromatic nitrogens is 1. The molecule has 0 saturated heterocycles. The molecule has 0 unspecified atom stereocenters. The van der Waals surface area contributed by atoms with Gasteiger partial charge in [-0.1, -0.05) is 12.1 Å². The topological polar surface area (TPSA) is 38.1 Å². The number of rotatable bonds is 3. The standard InChI is InChI=1S/C15H14N2OS/c1-2-6-13-12(5-1)17-15(18-13)16-9-11-8-10-4-3-7-14(10)19-11/h1-2,5-6,8H,3-4,7,9H2,(H,16,17). The Bertz CT molecular complexity index is 674. The molecule has 0 radical (unpaired) electrons. The van der Waals surface area contributed by atoms with E-state index in [0.717, 1.165) is 17.6 Å². The lowest BCUT2D eigenvalue weighted by Gasteiger charge is -1.98. The zero-order valence-electron chi connectivity index (χ0n) is 10.5. The molecule has 0 spiro atoms. The van der Waals surface area contributed by atoms with Crippen molar-refractivity contribution in [2.45, 2.75) is 25.8 Å². The van der Waals surface area contributed by atoms with Gasteiger partial charge in [0, 0.05) is 9.75 Å². The van der Waals surface area contributed by atoms with Crippen molar-refractivity contribution in [2.24, 2.45) is 0 Å². The number of nitrogens with zero attached hydrogens (tertiary/aromatic N) is 1. The van der Waals surface area contributed by atoms with Crippen LogP contribution in [0, 0.1) is 0 Å². The zero-order valence-corrected chi connectivity index (χ0v) is 11.3. The van der Waals surface area contributed by atoms with Crippen LogP contribution in [-0.4, -0.2) is 4.98 Å². The number of anilines is 1. The van der Waals surface area contributed by atoms with Gasteiger partial charge in [0.15, 0.2) is 5.58 Å². The van der Waals surface area contributed by atoms with Crippen LogP contribution in [0.4, 0.5) is 6.01 Å². The summed E-state index contributed by atoms with van der Waals surface area (Å²) >= 11 is 1.92. The van der Waals surface area contributed by atoms with Gasteiger partial charge in [0.1, 0.15) is 5.52 Å². The summed E-state index contributed by atoms with van der Waals surface area (Å²) in [6, 6.07) is 10.8. The summed E-state index contributed by atoms with van der Waals surface area (Å²) in [6.07, 6.45) is 3.82. The number of benzene rings is 1. The van der Waals surface area contributed by atoms with Crippen molar-refractivity contribution in [3.05, 3.63) is 45.6 Å². The summed E-state index contributed by atoms with van der Waals surface area (Å²) in [5.74, 6) is 0. The van der Waals surface area contributed by atoms with Crippen LogP contribution in [-0.2, 0) is 19.4 Å². The van der Waals surface area contributed by atoms with E-state index in [9.17, 15) is 0 Å². The first-order valence-corrected chi connectivity index (χ1v) is 7.40. The minimum Gasteiger partial charge on any atom is -0.424 e. The second-order valence-electron chi connectivity index (χ2n) is 4.85. The van der Waals surface area contributed by atoms with E-state index in [2.05, 4.69) is 16.4 Å². The van der Waals surface area contributed by atoms with Gasteiger partial charge in [0.25, 0.3) is 6.01 Å². The summed E-state index contributed by atoms with van der Waals surface area (Å²) in [7, 11) is 0. The number of oxazole rings is 1. The lowest BCUT2D eigenvalue weighted by atomic mass is 10.2. The van der Waals surface area contributed by atoms with Crippen LogP contribution in [0.3, 0.4) is 0 Å². The number of thiophene rings is 1. The van der Waals surface area contributed by atoms with Crippen molar-refractivity contribution < 1.29 is 4.42 Å².